The summed E-state index contributed by atoms with van der Waals surface area (Å²) in [5, 5.41) is 12.1. The predicted octanol–water partition coefficient (Wildman–Crippen LogP) is 2.56. The summed E-state index contributed by atoms with van der Waals surface area (Å²) in [6.07, 6.45) is 3.71. The fourth-order valence-corrected chi connectivity index (χ4v) is 3.58. The van der Waals surface area contributed by atoms with Crippen molar-refractivity contribution in [2.75, 3.05) is 0 Å². The Morgan fingerprint density at radius 3 is 2.86 bits per heavy atom. The number of rotatable bonds is 2. The van der Waals surface area contributed by atoms with Gasteiger partial charge in [-0.25, -0.2) is 4.79 Å². The zero-order valence-electron chi connectivity index (χ0n) is 12.6. The predicted molar refractivity (Wildman–Crippen MR) is 80.6 cm³/mol. The summed E-state index contributed by atoms with van der Waals surface area (Å²) in [5.41, 5.74) is 0.464. The number of urea groups is 1. The average Bonchev–Trinajstić information content (AvgIpc) is 2.76. The number of amides is 3. The second-order valence-electron chi connectivity index (χ2n) is 6.21. The van der Waals surface area contributed by atoms with E-state index in [1.165, 1.54) is 4.90 Å². The third-order valence-electron chi connectivity index (χ3n) is 4.97. The van der Waals surface area contributed by atoms with Crippen LogP contribution in [-0.4, -0.2) is 22.4 Å². The van der Waals surface area contributed by atoms with E-state index < -0.39 is 5.54 Å². The van der Waals surface area contributed by atoms with Gasteiger partial charge in [0.25, 0.3) is 5.91 Å². The van der Waals surface area contributed by atoms with Gasteiger partial charge in [0.2, 0.25) is 0 Å². The van der Waals surface area contributed by atoms with Gasteiger partial charge in [-0.15, -0.1) is 0 Å². The normalized spacial score (nSPS) is 27.8. The highest BCUT2D eigenvalue weighted by molar-refractivity contribution is 6.07. The van der Waals surface area contributed by atoms with Gasteiger partial charge in [-0.2, -0.15) is 5.26 Å². The monoisotopic (exact) mass is 297 g/mol. The van der Waals surface area contributed by atoms with Crippen molar-refractivity contribution in [3.63, 3.8) is 0 Å². The molecule has 0 radical (unpaired) electrons. The molecule has 0 bridgehead atoms. The second-order valence-corrected chi connectivity index (χ2v) is 6.21. The lowest BCUT2D eigenvalue weighted by atomic mass is 9.73. The Labute approximate surface area is 129 Å². The van der Waals surface area contributed by atoms with E-state index in [0.29, 0.717) is 17.5 Å². The molecule has 1 heterocycles. The lowest BCUT2D eigenvalue weighted by Gasteiger charge is -2.36. The Balaban J connectivity index is 1.88. The maximum Gasteiger partial charge on any atom is 0.325 e. The molecule has 2 aliphatic rings. The zero-order valence-corrected chi connectivity index (χ0v) is 12.6. The van der Waals surface area contributed by atoms with Crippen LogP contribution in [0.3, 0.4) is 0 Å². The highest BCUT2D eigenvalue weighted by Gasteiger charge is 2.54. The van der Waals surface area contributed by atoms with Crippen molar-refractivity contribution >= 4 is 11.9 Å². The van der Waals surface area contributed by atoms with Crippen LogP contribution < -0.4 is 5.32 Å². The molecule has 3 amide bonds. The van der Waals surface area contributed by atoms with E-state index in [9.17, 15) is 9.59 Å². The first-order chi connectivity index (χ1) is 10.6. The molecule has 5 heteroatoms. The molecule has 0 unspecified atom stereocenters. The summed E-state index contributed by atoms with van der Waals surface area (Å²) in [6, 6.07) is 8.84. The molecule has 1 aliphatic carbocycles. The topological polar surface area (TPSA) is 73.2 Å². The van der Waals surface area contributed by atoms with Gasteiger partial charge in [-0.3, -0.25) is 9.69 Å². The van der Waals surface area contributed by atoms with Crippen LogP contribution in [0.25, 0.3) is 0 Å². The Kier molecular flexibility index (Phi) is 3.61. The number of hydrogen-bond acceptors (Lipinski definition) is 3. The Hall–Kier alpha value is -2.35. The lowest BCUT2D eigenvalue weighted by Crippen LogP contribution is -2.53. The van der Waals surface area contributed by atoms with Crippen molar-refractivity contribution in [2.45, 2.75) is 44.7 Å². The number of nitrogens with one attached hydrogen (secondary N) is 1. The van der Waals surface area contributed by atoms with Crippen LogP contribution in [-0.2, 0) is 11.3 Å². The molecule has 1 aromatic carbocycles. The number of carbonyl (C=O) groups is 2. The molecule has 1 aromatic rings. The van der Waals surface area contributed by atoms with Crippen molar-refractivity contribution < 1.29 is 9.59 Å². The Morgan fingerprint density at radius 1 is 1.36 bits per heavy atom. The minimum atomic E-state index is -0.739. The minimum absolute atomic E-state index is 0.141. The van der Waals surface area contributed by atoms with Gasteiger partial charge < -0.3 is 5.32 Å². The number of imide groups is 1. The van der Waals surface area contributed by atoms with E-state index in [1.54, 1.807) is 18.2 Å². The summed E-state index contributed by atoms with van der Waals surface area (Å²) in [7, 11) is 0. The van der Waals surface area contributed by atoms with E-state index in [4.69, 9.17) is 5.26 Å². The highest BCUT2D eigenvalue weighted by Crippen LogP contribution is 2.38. The van der Waals surface area contributed by atoms with Gasteiger partial charge in [0.1, 0.15) is 5.54 Å². The second kappa shape index (κ2) is 5.45. The highest BCUT2D eigenvalue weighted by atomic mass is 16.2. The molecule has 2 atom stereocenters. The van der Waals surface area contributed by atoms with Crippen molar-refractivity contribution in [1.82, 2.24) is 10.2 Å². The van der Waals surface area contributed by atoms with E-state index in [2.05, 4.69) is 11.4 Å². The molecular weight excluding hydrogens is 278 g/mol. The summed E-state index contributed by atoms with van der Waals surface area (Å²) < 4.78 is 0. The van der Waals surface area contributed by atoms with E-state index in [1.807, 2.05) is 13.0 Å². The third-order valence-corrected chi connectivity index (χ3v) is 4.97. The molecule has 5 nitrogen and oxygen atoms in total. The third kappa shape index (κ3) is 2.16. The smallest absolute Gasteiger partial charge is 0.323 e. The van der Waals surface area contributed by atoms with Crippen molar-refractivity contribution in [1.29, 1.82) is 5.26 Å². The van der Waals surface area contributed by atoms with Gasteiger partial charge in [-0.1, -0.05) is 38.0 Å². The SMILES string of the molecule is C[C@H]1CCCC[C@]12NC(=O)N(Cc1ccccc1C#N)C2=O. The van der Waals surface area contributed by atoms with Gasteiger partial charge in [0.05, 0.1) is 18.2 Å². The summed E-state index contributed by atoms with van der Waals surface area (Å²) in [4.78, 5) is 26.4. The number of nitrogens with zero attached hydrogens (tertiary/aromatic N) is 2. The fourth-order valence-electron chi connectivity index (χ4n) is 3.58. The van der Waals surface area contributed by atoms with Crippen LogP contribution in [0.2, 0.25) is 0 Å². The standard InChI is InChI=1S/C17H19N3O2/c1-12-6-4-5-9-17(12)15(21)20(16(22)19-17)11-14-8-3-2-7-13(14)10-18/h2-3,7-8,12H,4-6,9,11H2,1H3,(H,19,22)/t12-,17-/m0/s1. The molecule has 0 aromatic heterocycles. The maximum atomic E-state index is 12.9. The van der Waals surface area contributed by atoms with Crippen molar-refractivity contribution in [3.8, 4) is 6.07 Å². The average molecular weight is 297 g/mol. The Bertz CT molecular complexity index is 664. The van der Waals surface area contributed by atoms with Crippen LogP contribution in [0, 0.1) is 17.2 Å². The van der Waals surface area contributed by atoms with Crippen LogP contribution >= 0.6 is 0 Å². The maximum absolute atomic E-state index is 12.9. The zero-order chi connectivity index (χ0) is 15.7. The molecule has 2 fully saturated rings. The minimum Gasteiger partial charge on any atom is -0.323 e. The molecule has 1 aliphatic heterocycles. The molecule has 114 valence electrons. The molecule has 1 saturated heterocycles. The van der Waals surface area contributed by atoms with Crippen LogP contribution in [0.1, 0.15) is 43.7 Å². The number of benzene rings is 1. The molecule has 1 N–H and O–H groups in total. The van der Waals surface area contributed by atoms with Gasteiger partial charge in [0.15, 0.2) is 0 Å². The number of nitriles is 1. The van der Waals surface area contributed by atoms with Gasteiger partial charge in [0, 0.05) is 0 Å². The van der Waals surface area contributed by atoms with Crippen molar-refractivity contribution in [2.24, 2.45) is 5.92 Å². The van der Waals surface area contributed by atoms with Crippen LogP contribution in [0.15, 0.2) is 24.3 Å². The summed E-state index contributed by atoms with van der Waals surface area (Å²) >= 11 is 0. The Morgan fingerprint density at radius 2 is 2.14 bits per heavy atom. The first kappa shape index (κ1) is 14.6. The van der Waals surface area contributed by atoms with Crippen LogP contribution in [0.5, 0.6) is 0 Å². The first-order valence-corrected chi connectivity index (χ1v) is 7.70. The molecule has 22 heavy (non-hydrogen) atoms. The van der Waals surface area contributed by atoms with Crippen LogP contribution in [0.4, 0.5) is 4.79 Å². The lowest BCUT2D eigenvalue weighted by molar-refractivity contribution is -0.134. The first-order valence-electron chi connectivity index (χ1n) is 7.70. The largest absolute Gasteiger partial charge is 0.325 e. The van der Waals surface area contributed by atoms with E-state index >= 15 is 0 Å². The molecule has 3 rings (SSSR count). The van der Waals surface area contributed by atoms with Crippen molar-refractivity contribution in [3.05, 3.63) is 35.4 Å². The van der Waals surface area contributed by atoms with Gasteiger partial charge >= 0.3 is 6.03 Å². The molecule has 1 saturated carbocycles. The number of hydrogen-bond donors (Lipinski definition) is 1. The molecule has 1 spiro atoms. The number of carbonyl (C=O) groups excluding carboxylic acids is 2. The van der Waals surface area contributed by atoms with E-state index in [-0.39, 0.29) is 24.4 Å². The van der Waals surface area contributed by atoms with E-state index in [0.717, 1.165) is 19.3 Å². The summed E-state index contributed by atoms with van der Waals surface area (Å²) in [6.45, 7) is 2.19. The summed E-state index contributed by atoms with van der Waals surface area (Å²) in [5.74, 6) is 0.00588. The quantitative estimate of drug-likeness (QED) is 0.853. The van der Waals surface area contributed by atoms with Gasteiger partial charge in [-0.05, 0) is 30.4 Å². The fraction of sp³-hybridized carbons (Fsp3) is 0.471. The molecular formula is C17H19N3O2.